The first-order valence-electron chi connectivity index (χ1n) is 2.47. The van der Waals surface area contributed by atoms with Crippen LogP contribution in [-0.4, -0.2) is 22.4 Å². The molecule has 5 heteroatoms. The van der Waals surface area contributed by atoms with Crippen molar-refractivity contribution in [1.29, 1.82) is 0 Å². The second-order valence-electron chi connectivity index (χ2n) is 1.96. The molecule has 0 aromatic rings. The van der Waals surface area contributed by atoms with Crippen LogP contribution in [0.2, 0.25) is 0 Å². The highest BCUT2D eigenvalue weighted by atomic mass is 35.5. The Labute approximate surface area is 69.1 Å². The molecule has 0 saturated carbocycles. The van der Waals surface area contributed by atoms with E-state index < -0.39 is 11.5 Å². The summed E-state index contributed by atoms with van der Waals surface area (Å²) in [6.45, 7) is 0. The molecule has 1 rings (SSSR count). The summed E-state index contributed by atoms with van der Waals surface area (Å²) in [5.74, 6) is -0.508. The first-order chi connectivity index (χ1) is 4.15. The number of rotatable bonds is 1. The molecule has 1 heterocycles. The van der Waals surface area contributed by atoms with Gasteiger partial charge in [-0.2, -0.15) is 0 Å². The zero-order chi connectivity index (χ0) is 6.91. The van der Waals surface area contributed by atoms with Crippen LogP contribution in [0.1, 0.15) is 0 Å². The van der Waals surface area contributed by atoms with E-state index in [0.29, 0.717) is 5.75 Å². The quantitative estimate of drug-likeness (QED) is 0.617. The monoisotopic (exact) mass is 181 g/mol. The molecule has 58 valence electrons. The van der Waals surface area contributed by atoms with Crippen molar-refractivity contribution < 1.29 is 9.90 Å². The van der Waals surface area contributed by atoms with Gasteiger partial charge in [-0.1, -0.05) is 0 Å². The molecule has 0 fully saturated rings. The van der Waals surface area contributed by atoms with Crippen LogP contribution in [0.4, 0.5) is 0 Å². The second-order valence-corrected chi connectivity index (χ2v) is 2.85. The van der Waals surface area contributed by atoms with Crippen LogP contribution in [-0.2, 0) is 4.79 Å². The molecule has 1 unspecified atom stereocenters. The number of hydrogen-bond acceptors (Lipinski definition) is 3. The van der Waals surface area contributed by atoms with Crippen LogP contribution in [0.15, 0.2) is 11.5 Å². The maximum atomic E-state index is 10.3. The minimum absolute atomic E-state index is 0. The van der Waals surface area contributed by atoms with Gasteiger partial charge in [-0.15, -0.1) is 24.2 Å². The van der Waals surface area contributed by atoms with E-state index in [-0.39, 0.29) is 12.4 Å². The van der Waals surface area contributed by atoms with Gasteiger partial charge in [0, 0.05) is 5.75 Å². The maximum Gasteiger partial charge on any atom is 0.328 e. The predicted molar refractivity (Wildman–Crippen MR) is 43.4 cm³/mol. The van der Waals surface area contributed by atoms with Gasteiger partial charge < -0.3 is 10.8 Å². The Hall–Kier alpha value is -0.190. The van der Waals surface area contributed by atoms with Crippen molar-refractivity contribution in [3.8, 4) is 0 Å². The normalized spacial score (nSPS) is 29.7. The fourth-order valence-corrected chi connectivity index (χ4v) is 1.47. The van der Waals surface area contributed by atoms with Gasteiger partial charge in [0.2, 0.25) is 0 Å². The molecule has 0 spiro atoms. The molecule has 3 N–H and O–H groups in total. The van der Waals surface area contributed by atoms with Crippen LogP contribution < -0.4 is 5.73 Å². The van der Waals surface area contributed by atoms with Crippen LogP contribution in [0.25, 0.3) is 0 Å². The molecule has 1 atom stereocenters. The van der Waals surface area contributed by atoms with Gasteiger partial charge in [0.05, 0.1) is 0 Å². The van der Waals surface area contributed by atoms with E-state index in [0.717, 1.165) is 0 Å². The third kappa shape index (κ3) is 1.65. The molecule has 0 amide bonds. The summed E-state index contributed by atoms with van der Waals surface area (Å²) in [5.41, 5.74) is 4.29. The Morgan fingerprint density at radius 1 is 1.80 bits per heavy atom. The number of nitrogens with two attached hydrogens (primary N) is 1. The van der Waals surface area contributed by atoms with E-state index >= 15 is 0 Å². The summed E-state index contributed by atoms with van der Waals surface area (Å²) >= 11 is 1.42. The smallest absolute Gasteiger partial charge is 0.328 e. The van der Waals surface area contributed by atoms with E-state index in [9.17, 15) is 4.79 Å². The number of carboxylic acids is 1. The summed E-state index contributed by atoms with van der Waals surface area (Å²) in [6, 6.07) is 0. The zero-order valence-electron chi connectivity index (χ0n) is 5.11. The van der Waals surface area contributed by atoms with Gasteiger partial charge in [-0.3, -0.25) is 0 Å². The van der Waals surface area contributed by atoms with Gasteiger partial charge in [0.15, 0.2) is 0 Å². The zero-order valence-corrected chi connectivity index (χ0v) is 6.74. The Morgan fingerprint density at radius 3 is 2.60 bits per heavy atom. The lowest BCUT2D eigenvalue weighted by Gasteiger charge is -2.13. The molecule has 10 heavy (non-hydrogen) atoms. The molecule has 0 aliphatic carbocycles. The maximum absolute atomic E-state index is 10.3. The third-order valence-corrected chi connectivity index (χ3v) is 2.15. The standard InChI is InChI=1S/C5H7NO2S.ClH/c6-5(4(7)8)1-2-9-3-5;/h1-2H,3,6H2,(H,7,8);1H. The number of aliphatic carboxylic acids is 1. The Kier molecular flexibility index (Phi) is 3.21. The van der Waals surface area contributed by atoms with Gasteiger partial charge >= 0.3 is 5.97 Å². The summed E-state index contributed by atoms with van der Waals surface area (Å²) in [5, 5.41) is 10.2. The minimum Gasteiger partial charge on any atom is -0.480 e. The highest BCUT2D eigenvalue weighted by Crippen LogP contribution is 2.22. The average molecular weight is 182 g/mol. The van der Waals surface area contributed by atoms with Crippen molar-refractivity contribution in [3.05, 3.63) is 11.5 Å². The van der Waals surface area contributed by atoms with E-state index in [1.165, 1.54) is 17.8 Å². The molecule has 0 aromatic carbocycles. The van der Waals surface area contributed by atoms with E-state index in [4.69, 9.17) is 10.8 Å². The number of thioether (sulfide) groups is 1. The van der Waals surface area contributed by atoms with Crippen LogP contribution >= 0.6 is 24.2 Å². The molecular formula is C5H8ClNO2S. The minimum atomic E-state index is -1.11. The van der Waals surface area contributed by atoms with Crippen molar-refractivity contribution in [2.24, 2.45) is 5.73 Å². The number of carbonyl (C=O) groups is 1. The topological polar surface area (TPSA) is 63.3 Å². The highest BCUT2D eigenvalue weighted by Gasteiger charge is 2.33. The van der Waals surface area contributed by atoms with Crippen molar-refractivity contribution in [2.45, 2.75) is 5.54 Å². The molecule has 0 radical (unpaired) electrons. The second kappa shape index (κ2) is 3.27. The third-order valence-electron chi connectivity index (χ3n) is 1.18. The van der Waals surface area contributed by atoms with Crippen LogP contribution in [0.3, 0.4) is 0 Å². The molecule has 0 bridgehead atoms. The number of carboxylic acid groups (broad SMARTS) is 1. The molecular weight excluding hydrogens is 174 g/mol. The Bertz CT molecular complexity index is 173. The lowest BCUT2D eigenvalue weighted by atomic mass is 10.1. The lowest BCUT2D eigenvalue weighted by molar-refractivity contribution is -0.140. The first kappa shape index (κ1) is 9.81. The van der Waals surface area contributed by atoms with Gasteiger partial charge in [-0.05, 0) is 11.5 Å². The average Bonchev–Trinajstić information content (AvgIpc) is 2.16. The number of hydrogen-bond donors (Lipinski definition) is 2. The lowest BCUT2D eigenvalue weighted by Crippen LogP contribution is -2.46. The molecule has 1 aliphatic heterocycles. The molecule has 1 aliphatic rings. The van der Waals surface area contributed by atoms with Gasteiger partial charge in [-0.25, -0.2) is 4.79 Å². The SMILES string of the molecule is Cl.NC1(C(=O)O)C=CSC1. The van der Waals surface area contributed by atoms with E-state index in [2.05, 4.69) is 0 Å². The summed E-state index contributed by atoms with van der Waals surface area (Å²) < 4.78 is 0. The van der Waals surface area contributed by atoms with E-state index in [1.54, 1.807) is 5.41 Å². The Balaban J connectivity index is 0.000000810. The predicted octanol–water partition coefficient (Wildman–Crippen LogP) is 0.451. The largest absolute Gasteiger partial charge is 0.480 e. The molecule has 0 aromatic heterocycles. The fourth-order valence-electron chi connectivity index (χ4n) is 0.537. The summed E-state index contributed by atoms with van der Waals surface area (Å²) in [4.78, 5) is 10.3. The van der Waals surface area contributed by atoms with Crippen LogP contribution in [0, 0.1) is 0 Å². The fraction of sp³-hybridized carbons (Fsp3) is 0.400. The highest BCUT2D eigenvalue weighted by molar-refractivity contribution is 8.02. The van der Waals surface area contributed by atoms with E-state index in [1.807, 2.05) is 0 Å². The Morgan fingerprint density at radius 2 is 2.40 bits per heavy atom. The van der Waals surface area contributed by atoms with Crippen molar-refractivity contribution in [1.82, 2.24) is 0 Å². The van der Waals surface area contributed by atoms with Gasteiger partial charge in [0.1, 0.15) is 5.54 Å². The van der Waals surface area contributed by atoms with Gasteiger partial charge in [0.25, 0.3) is 0 Å². The molecule has 0 saturated heterocycles. The number of halogens is 1. The molecule has 3 nitrogen and oxygen atoms in total. The van der Waals surface area contributed by atoms with Crippen LogP contribution in [0.5, 0.6) is 0 Å². The first-order valence-corrected chi connectivity index (χ1v) is 3.52. The van der Waals surface area contributed by atoms with Crippen molar-refractivity contribution in [3.63, 3.8) is 0 Å². The van der Waals surface area contributed by atoms with Crippen molar-refractivity contribution in [2.75, 3.05) is 5.75 Å². The summed E-state index contributed by atoms with van der Waals surface area (Å²) in [6.07, 6.45) is 1.51. The van der Waals surface area contributed by atoms with Crippen molar-refractivity contribution >= 4 is 30.1 Å². The summed E-state index contributed by atoms with van der Waals surface area (Å²) in [7, 11) is 0.